The maximum atomic E-state index is 3.51. The van der Waals surface area contributed by atoms with E-state index in [0.29, 0.717) is 6.04 Å². The van der Waals surface area contributed by atoms with Crippen molar-refractivity contribution in [2.45, 2.75) is 38.1 Å². The minimum Gasteiger partial charge on any atom is -0.369 e. The van der Waals surface area contributed by atoms with Gasteiger partial charge in [0.25, 0.3) is 0 Å². The van der Waals surface area contributed by atoms with E-state index in [4.69, 9.17) is 0 Å². The fourth-order valence-electron chi connectivity index (χ4n) is 2.33. The van der Waals surface area contributed by atoms with Crippen LogP contribution in [0.3, 0.4) is 0 Å². The number of nitrogens with zero attached hydrogens (tertiary/aromatic N) is 1. The molecule has 1 aromatic carbocycles. The van der Waals surface area contributed by atoms with Crippen molar-refractivity contribution in [3.63, 3.8) is 0 Å². The van der Waals surface area contributed by atoms with Gasteiger partial charge in [0.2, 0.25) is 0 Å². The summed E-state index contributed by atoms with van der Waals surface area (Å²) >= 11 is 3.51. The number of benzene rings is 1. The third-order valence-electron chi connectivity index (χ3n) is 3.35. The van der Waals surface area contributed by atoms with E-state index >= 15 is 0 Å². The van der Waals surface area contributed by atoms with Crippen LogP contribution in [0.5, 0.6) is 0 Å². The molecular formula is C13H18BrN. The molecule has 0 bridgehead atoms. The van der Waals surface area contributed by atoms with Crippen LogP contribution in [0.2, 0.25) is 0 Å². The van der Waals surface area contributed by atoms with Gasteiger partial charge in [-0.3, -0.25) is 0 Å². The first-order valence-electron chi connectivity index (χ1n) is 5.64. The average Bonchev–Trinajstić information content (AvgIpc) is 2.64. The molecule has 0 aliphatic carbocycles. The Balaban J connectivity index is 2.25. The molecule has 1 nitrogen and oxygen atoms in total. The van der Waals surface area contributed by atoms with Crippen molar-refractivity contribution in [2.24, 2.45) is 0 Å². The minimum atomic E-state index is 0.708. The van der Waals surface area contributed by atoms with Crippen molar-refractivity contribution < 1.29 is 0 Å². The predicted molar refractivity (Wildman–Crippen MR) is 69.9 cm³/mol. The highest BCUT2D eigenvalue weighted by Gasteiger charge is 2.20. The molecule has 1 unspecified atom stereocenters. The summed E-state index contributed by atoms with van der Waals surface area (Å²) in [5, 5.41) is 0.953. The van der Waals surface area contributed by atoms with Gasteiger partial charge in [-0.2, -0.15) is 0 Å². The molecule has 15 heavy (non-hydrogen) atoms. The molecule has 2 heteroatoms. The monoisotopic (exact) mass is 267 g/mol. The van der Waals surface area contributed by atoms with E-state index in [1.165, 1.54) is 36.2 Å². The third-order valence-corrected chi connectivity index (χ3v) is 3.96. The fraction of sp³-hybridized carbons (Fsp3) is 0.538. The lowest BCUT2D eigenvalue weighted by Gasteiger charge is -2.24. The largest absolute Gasteiger partial charge is 0.369 e. The van der Waals surface area contributed by atoms with Crippen LogP contribution in [-0.4, -0.2) is 12.6 Å². The molecule has 1 heterocycles. The second-order valence-corrected chi connectivity index (χ2v) is 4.99. The van der Waals surface area contributed by atoms with Gasteiger partial charge in [-0.25, -0.2) is 0 Å². The zero-order chi connectivity index (χ0) is 10.8. The van der Waals surface area contributed by atoms with E-state index in [-0.39, 0.29) is 0 Å². The molecule has 1 fully saturated rings. The van der Waals surface area contributed by atoms with Crippen molar-refractivity contribution >= 4 is 21.6 Å². The molecule has 1 aliphatic rings. The Morgan fingerprint density at radius 3 is 2.80 bits per heavy atom. The van der Waals surface area contributed by atoms with Crippen LogP contribution in [0.1, 0.15) is 30.9 Å². The topological polar surface area (TPSA) is 3.24 Å². The van der Waals surface area contributed by atoms with Crippen molar-refractivity contribution in [2.75, 3.05) is 11.4 Å². The summed E-state index contributed by atoms with van der Waals surface area (Å²) in [5.41, 5.74) is 4.18. The lowest BCUT2D eigenvalue weighted by Crippen LogP contribution is -2.26. The second-order valence-electron chi connectivity index (χ2n) is 4.43. The Kier molecular flexibility index (Phi) is 3.35. The molecule has 2 rings (SSSR count). The number of alkyl halides is 1. The van der Waals surface area contributed by atoms with Crippen LogP contribution in [0.25, 0.3) is 0 Å². The summed E-state index contributed by atoms with van der Waals surface area (Å²) in [5.74, 6) is 0. The standard InChI is InChI=1S/C13H18BrN/c1-10-8-13(6-5-12(10)9-14)15-7-3-4-11(15)2/h5-6,8,11H,3-4,7,9H2,1-2H3. The maximum absolute atomic E-state index is 3.51. The maximum Gasteiger partial charge on any atom is 0.0371 e. The first-order chi connectivity index (χ1) is 7.22. The van der Waals surface area contributed by atoms with Crippen LogP contribution in [0.15, 0.2) is 18.2 Å². The quantitative estimate of drug-likeness (QED) is 0.736. The average molecular weight is 268 g/mol. The van der Waals surface area contributed by atoms with E-state index in [1.807, 2.05) is 0 Å². The van der Waals surface area contributed by atoms with Gasteiger partial charge in [-0.15, -0.1) is 0 Å². The summed E-state index contributed by atoms with van der Waals surface area (Å²) in [6.07, 6.45) is 2.67. The van der Waals surface area contributed by atoms with E-state index in [0.717, 1.165) is 5.33 Å². The minimum absolute atomic E-state index is 0.708. The molecule has 0 saturated carbocycles. The summed E-state index contributed by atoms with van der Waals surface area (Å²) in [7, 11) is 0. The van der Waals surface area contributed by atoms with Crippen molar-refractivity contribution in [3.05, 3.63) is 29.3 Å². The van der Waals surface area contributed by atoms with Gasteiger partial charge in [0, 0.05) is 23.6 Å². The molecule has 0 radical (unpaired) electrons. The van der Waals surface area contributed by atoms with Crippen molar-refractivity contribution in [1.29, 1.82) is 0 Å². The summed E-state index contributed by atoms with van der Waals surface area (Å²) in [6, 6.07) is 7.52. The van der Waals surface area contributed by atoms with E-state index in [9.17, 15) is 0 Å². The van der Waals surface area contributed by atoms with Crippen molar-refractivity contribution in [3.8, 4) is 0 Å². The van der Waals surface area contributed by atoms with Crippen LogP contribution >= 0.6 is 15.9 Å². The SMILES string of the molecule is Cc1cc(N2CCCC2C)ccc1CBr. The van der Waals surface area contributed by atoms with Crippen LogP contribution < -0.4 is 4.90 Å². The normalized spacial score (nSPS) is 21.0. The number of hydrogen-bond donors (Lipinski definition) is 0. The highest BCUT2D eigenvalue weighted by Crippen LogP contribution is 2.27. The van der Waals surface area contributed by atoms with Gasteiger partial charge in [0.1, 0.15) is 0 Å². The Bertz CT molecular complexity index is 348. The molecular weight excluding hydrogens is 250 g/mol. The number of hydrogen-bond acceptors (Lipinski definition) is 1. The van der Waals surface area contributed by atoms with Gasteiger partial charge < -0.3 is 4.90 Å². The number of aryl methyl sites for hydroxylation is 1. The van der Waals surface area contributed by atoms with Crippen LogP contribution in [-0.2, 0) is 5.33 Å². The molecule has 1 aliphatic heterocycles. The Hall–Kier alpha value is -0.500. The van der Waals surface area contributed by atoms with E-state index < -0.39 is 0 Å². The zero-order valence-electron chi connectivity index (χ0n) is 9.46. The molecule has 1 atom stereocenters. The molecule has 0 N–H and O–H groups in total. The second kappa shape index (κ2) is 4.56. The fourth-order valence-corrected chi connectivity index (χ4v) is 2.95. The lowest BCUT2D eigenvalue weighted by atomic mass is 10.1. The van der Waals surface area contributed by atoms with Gasteiger partial charge in [0.05, 0.1) is 0 Å². The van der Waals surface area contributed by atoms with Gasteiger partial charge in [0.15, 0.2) is 0 Å². The zero-order valence-corrected chi connectivity index (χ0v) is 11.0. The number of rotatable bonds is 2. The van der Waals surface area contributed by atoms with Gasteiger partial charge >= 0.3 is 0 Å². The molecule has 0 aromatic heterocycles. The molecule has 82 valence electrons. The predicted octanol–water partition coefficient (Wildman–Crippen LogP) is 3.88. The van der Waals surface area contributed by atoms with Crippen molar-refractivity contribution in [1.82, 2.24) is 0 Å². The highest BCUT2D eigenvalue weighted by atomic mass is 79.9. The van der Waals surface area contributed by atoms with Crippen LogP contribution in [0.4, 0.5) is 5.69 Å². The molecule has 0 spiro atoms. The number of halogens is 1. The molecule has 1 saturated heterocycles. The van der Waals surface area contributed by atoms with E-state index in [1.54, 1.807) is 0 Å². The van der Waals surface area contributed by atoms with E-state index in [2.05, 4.69) is 52.9 Å². The Labute approximate surface area is 101 Å². The first kappa shape index (κ1) is 11.0. The Morgan fingerprint density at radius 1 is 1.47 bits per heavy atom. The van der Waals surface area contributed by atoms with Crippen LogP contribution in [0, 0.1) is 6.92 Å². The summed E-state index contributed by atoms with van der Waals surface area (Å²) in [6.45, 7) is 5.73. The molecule has 0 amide bonds. The lowest BCUT2D eigenvalue weighted by molar-refractivity contribution is 0.735. The van der Waals surface area contributed by atoms with Gasteiger partial charge in [-0.05, 0) is 49.9 Å². The molecule has 1 aromatic rings. The summed E-state index contributed by atoms with van der Waals surface area (Å²) in [4.78, 5) is 2.52. The third kappa shape index (κ3) is 2.20. The highest BCUT2D eigenvalue weighted by molar-refractivity contribution is 9.08. The smallest absolute Gasteiger partial charge is 0.0371 e. The summed E-state index contributed by atoms with van der Waals surface area (Å²) < 4.78 is 0. The first-order valence-corrected chi connectivity index (χ1v) is 6.76. The Morgan fingerprint density at radius 2 is 2.27 bits per heavy atom. The number of anilines is 1. The van der Waals surface area contributed by atoms with Gasteiger partial charge in [-0.1, -0.05) is 22.0 Å².